The summed E-state index contributed by atoms with van der Waals surface area (Å²) in [5.41, 5.74) is -1.14. The van der Waals surface area contributed by atoms with Crippen LogP contribution in [0.25, 0.3) is 0 Å². The van der Waals surface area contributed by atoms with E-state index in [1.807, 2.05) is 0 Å². The van der Waals surface area contributed by atoms with E-state index >= 15 is 0 Å². The largest absolute Gasteiger partial charge is 0.421 e. The van der Waals surface area contributed by atoms with Crippen molar-refractivity contribution in [2.24, 2.45) is 0 Å². The van der Waals surface area contributed by atoms with Crippen molar-refractivity contribution in [2.45, 2.75) is 25.5 Å². The molecule has 1 unspecified atom stereocenters. The first-order chi connectivity index (χ1) is 7.09. The number of carbonyl (C=O) groups is 1. The molecular weight excluding hydrogens is 200 g/mol. The third-order valence-electron chi connectivity index (χ3n) is 2.42. The molecule has 1 atom stereocenters. The topological polar surface area (TPSA) is 75.8 Å². The maximum Gasteiger partial charge on any atom is 0.421 e. The number of amides is 1. The Balaban J connectivity index is 2.02. The molecule has 6 nitrogen and oxygen atoms in total. The van der Waals surface area contributed by atoms with Gasteiger partial charge >= 0.3 is 12.2 Å². The van der Waals surface area contributed by atoms with E-state index in [4.69, 9.17) is 9.15 Å². The van der Waals surface area contributed by atoms with Gasteiger partial charge in [-0.2, -0.15) is 4.98 Å². The summed E-state index contributed by atoms with van der Waals surface area (Å²) in [6.07, 6.45) is 3.25. The van der Waals surface area contributed by atoms with E-state index < -0.39 is 11.8 Å². The number of ether oxygens (including phenoxy) is 1. The van der Waals surface area contributed by atoms with E-state index in [2.05, 4.69) is 4.98 Å². The molecule has 1 aliphatic heterocycles. The number of oxazole rings is 1. The highest BCUT2D eigenvalue weighted by Gasteiger charge is 2.39. The smallest absolute Gasteiger partial charge is 0.417 e. The van der Waals surface area contributed by atoms with Gasteiger partial charge in [0.1, 0.15) is 12.0 Å². The Bertz CT molecular complexity index is 347. The zero-order valence-corrected chi connectivity index (χ0v) is 8.34. The number of hydrogen-bond donors (Lipinski definition) is 1. The minimum Gasteiger partial charge on any atom is -0.417 e. The highest BCUT2D eigenvalue weighted by molar-refractivity contribution is 5.70. The number of carbonyl (C=O) groups excluding carboxylic acids is 1. The second kappa shape index (κ2) is 3.54. The summed E-state index contributed by atoms with van der Waals surface area (Å²) in [5.74, 6) is 0. The van der Waals surface area contributed by atoms with Gasteiger partial charge in [-0.25, -0.2) is 4.79 Å². The standard InChI is InChI=1S/C9H12N2O4/c1-9(13)3-2-5-11(9)8(12)15-7-10-4-6-14-7/h4,6,13H,2-3,5H2,1H3. The average molecular weight is 212 g/mol. The van der Waals surface area contributed by atoms with Crippen molar-refractivity contribution in [3.8, 4) is 6.08 Å². The van der Waals surface area contributed by atoms with Crippen LogP contribution in [0.15, 0.2) is 16.9 Å². The van der Waals surface area contributed by atoms with Crippen LogP contribution in [0.2, 0.25) is 0 Å². The van der Waals surface area contributed by atoms with Gasteiger partial charge in [-0.1, -0.05) is 0 Å². The lowest BCUT2D eigenvalue weighted by Gasteiger charge is -2.28. The number of aromatic nitrogens is 1. The third kappa shape index (κ3) is 1.94. The maximum atomic E-state index is 11.6. The van der Waals surface area contributed by atoms with Crippen molar-refractivity contribution < 1.29 is 19.1 Å². The molecule has 0 aromatic carbocycles. The van der Waals surface area contributed by atoms with Gasteiger partial charge < -0.3 is 14.3 Å². The Labute approximate surface area is 86.5 Å². The van der Waals surface area contributed by atoms with E-state index in [-0.39, 0.29) is 6.08 Å². The summed E-state index contributed by atoms with van der Waals surface area (Å²) in [4.78, 5) is 16.5. The van der Waals surface area contributed by atoms with Crippen LogP contribution in [0.3, 0.4) is 0 Å². The summed E-state index contributed by atoms with van der Waals surface area (Å²) in [6, 6.07) is 0. The van der Waals surface area contributed by atoms with Gasteiger partial charge in [-0.3, -0.25) is 4.90 Å². The van der Waals surface area contributed by atoms with Gasteiger partial charge in [0.05, 0.1) is 6.20 Å². The van der Waals surface area contributed by atoms with Crippen LogP contribution < -0.4 is 4.74 Å². The molecule has 0 bridgehead atoms. The van der Waals surface area contributed by atoms with Crippen molar-refractivity contribution in [1.82, 2.24) is 9.88 Å². The minimum absolute atomic E-state index is 0.109. The molecule has 2 heterocycles. The Morgan fingerprint density at radius 3 is 3.13 bits per heavy atom. The molecule has 2 rings (SSSR count). The first-order valence-corrected chi connectivity index (χ1v) is 4.71. The summed E-state index contributed by atoms with van der Waals surface area (Å²) in [6.45, 7) is 2.06. The molecular formula is C9H12N2O4. The molecule has 0 aliphatic carbocycles. The van der Waals surface area contributed by atoms with E-state index in [0.717, 1.165) is 6.42 Å². The highest BCUT2D eigenvalue weighted by Crippen LogP contribution is 2.26. The van der Waals surface area contributed by atoms with Crippen LogP contribution >= 0.6 is 0 Å². The molecule has 1 N–H and O–H groups in total. The lowest BCUT2D eigenvalue weighted by molar-refractivity contribution is -0.0490. The lowest BCUT2D eigenvalue weighted by atomic mass is 10.2. The summed E-state index contributed by atoms with van der Waals surface area (Å²) >= 11 is 0. The molecule has 82 valence electrons. The van der Waals surface area contributed by atoms with E-state index in [9.17, 15) is 9.90 Å². The average Bonchev–Trinajstić information content (AvgIpc) is 2.73. The molecule has 1 amide bonds. The van der Waals surface area contributed by atoms with Crippen LogP contribution in [0.1, 0.15) is 19.8 Å². The van der Waals surface area contributed by atoms with Gasteiger partial charge in [0.15, 0.2) is 0 Å². The molecule has 15 heavy (non-hydrogen) atoms. The van der Waals surface area contributed by atoms with Crippen molar-refractivity contribution >= 4 is 6.09 Å². The molecule has 6 heteroatoms. The predicted molar refractivity (Wildman–Crippen MR) is 49.1 cm³/mol. The molecule has 1 saturated heterocycles. The molecule has 1 aromatic rings. The summed E-state index contributed by atoms with van der Waals surface area (Å²) < 4.78 is 9.59. The van der Waals surface area contributed by atoms with Crippen LogP contribution in [-0.4, -0.2) is 33.4 Å². The quantitative estimate of drug-likeness (QED) is 0.750. The van der Waals surface area contributed by atoms with Crippen molar-refractivity contribution in [2.75, 3.05) is 6.54 Å². The number of hydrogen-bond acceptors (Lipinski definition) is 5. The second-order valence-electron chi connectivity index (χ2n) is 3.64. The fourth-order valence-corrected chi connectivity index (χ4v) is 1.63. The van der Waals surface area contributed by atoms with Crippen molar-refractivity contribution in [3.05, 3.63) is 12.5 Å². The SMILES string of the molecule is CC1(O)CCCN1C(=O)Oc1ncco1. The zero-order valence-electron chi connectivity index (χ0n) is 8.34. The number of nitrogens with zero attached hydrogens (tertiary/aromatic N) is 2. The molecule has 0 saturated carbocycles. The van der Waals surface area contributed by atoms with Gasteiger partial charge in [-0.05, 0) is 19.8 Å². The fraction of sp³-hybridized carbons (Fsp3) is 0.556. The molecule has 1 fully saturated rings. The van der Waals surface area contributed by atoms with E-state index in [0.29, 0.717) is 13.0 Å². The summed E-state index contributed by atoms with van der Waals surface area (Å²) in [5, 5.41) is 9.83. The highest BCUT2D eigenvalue weighted by atomic mass is 16.6. The normalized spacial score (nSPS) is 25.6. The van der Waals surface area contributed by atoms with Gasteiger partial charge in [0, 0.05) is 6.54 Å². The second-order valence-corrected chi connectivity index (χ2v) is 3.64. The fourth-order valence-electron chi connectivity index (χ4n) is 1.63. The predicted octanol–water partition coefficient (Wildman–Crippen LogP) is 0.978. The molecule has 0 spiro atoms. The third-order valence-corrected chi connectivity index (χ3v) is 2.42. The van der Waals surface area contributed by atoms with E-state index in [1.54, 1.807) is 6.92 Å². The van der Waals surface area contributed by atoms with Gasteiger partial charge in [0.25, 0.3) is 0 Å². The van der Waals surface area contributed by atoms with Crippen LogP contribution in [0.5, 0.6) is 6.08 Å². The Morgan fingerprint density at radius 2 is 2.60 bits per heavy atom. The van der Waals surface area contributed by atoms with Gasteiger partial charge in [-0.15, -0.1) is 0 Å². The summed E-state index contributed by atoms with van der Waals surface area (Å²) in [7, 11) is 0. The molecule has 1 aliphatic rings. The van der Waals surface area contributed by atoms with Crippen LogP contribution in [0, 0.1) is 0 Å². The number of rotatable bonds is 1. The van der Waals surface area contributed by atoms with Crippen LogP contribution in [-0.2, 0) is 0 Å². The van der Waals surface area contributed by atoms with Crippen LogP contribution in [0.4, 0.5) is 4.79 Å². The molecule has 1 aromatic heterocycles. The molecule has 0 radical (unpaired) electrons. The monoisotopic (exact) mass is 212 g/mol. The Kier molecular flexibility index (Phi) is 2.36. The Morgan fingerprint density at radius 1 is 1.80 bits per heavy atom. The first kappa shape index (κ1) is 9.97. The zero-order chi connectivity index (χ0) is 10.9. The van der Waals surface area contributed by atoms with Crippen molar-refractivity contribution in [1.29, 1.82) is 0 Å². The first-order valence-electron chi connectivity index (χ1n) is 4.71. The number of likely N-dealkylation sites (tertiary alicyclic amines) is 1. The maximum absolute atomic E-state index is 11.6. The van der Waals surface area contributed by atoms with Crippen molar-refractivity contribution in [3.63, 3.8) is 0 Å². The van der Waals surface area contributed by atoms with Gasteiger partial charge in [0.2, 0.25) is 0 Å². The van der Waals surface area contributed by atoms with E-state index in [1.165, 1.54) is 17.4 Å². The lowest BCUT2D eigenvalue weighted by Crippen LogP contribution is -2.46. The minimum atomic E-state index is -1.14. The number of aliphatic hydroxyl groups is 1. The Hall–Kier alpha value is -1.56.